The van der Waals surface area contributed by atoms with Crippen molar-refractivity contribution in [2.75, 3.05) is 32.1 Å². The van der Waals surface area contributed by atoms with Crippen molar-refractivity contribution in [1.29, 1.82) is 5.26 Å². The van der Waals surface area contributed by atoms with E-state index in [-0.39, 0.29) is 11.3 Å². The summed E-state index contributed by atoms with van der Waals surface area (Å²) in [7, 11) is 3.76. The number of nitrogens with zero attached hydrogens (tertiary/aromatic N) is 3. The van der Waals surface area contributed by atoms with Crippen LogP contribution in [-0.2, 0) is 0 Å². The third kappa shape index (κ3) is 3.43. The molecular formula is C12H16N4O2. The minimum Gasteiger partial charge on any atom is -0.374 e. The van der Waals surface area contributed by atoms with Crippen LogP contribution in [0.2, 0.25) is 0 Å². The number of nitriles is 1. The Morgan fingerprint density at radius 3 is 2.83 bits per heavy atom. The molecule has 0 atom stereocenters. The SMILES string of the molecule is CNCCCN(C)c1ccc(C#N)c([N+](=O)[O-])c1. The Bertz CT molecular complexity index is 468. The predicted molar refractivity (Wildman–Crippen MR) is 69.6 cm³/mol. The summed E-state index contributed by atoms with van der Waals surface area (Å²) < 4.78 is 0. The van der Waals surface area contributed by atoms with Crippen molar-refractivity contribution in [3.63, 3.8) is 0 Å². The summed E-state index contributed by atoms with van der Waals surface area (Å²) >= 11 is 0. The highest BCUT2D eigenvalue weighted by Crippen LogP contribution is 2.24. The molecule has 0 radical (unpaired) electrons. The normalized spacial score (nSPS) is 9.83. The van der Waals surface area contributed by atoms with Crippen LogP contribution in [0.3, 0.4) is 0 Å². The number of hydrogen-bond donors (Lipinski definition) is 1. The summed E-state index contributed by atoms with van der Waals surface area (Å²) in [6.45, 7) is 1.69. The first-order valence-corrected chi connectivity index (χ1v) is 5.64. The molecule has 0 amide bonds. The molecule has 96 valence electrons. The van der Waals surface area contributed by atoms with E-state index in [0.29, 0.717) is 0 Å². The minimum atomic E-state index is -0.524. The van der Waals surface area contributed by atoms with Crippen LogP contribution in [0.5, 0.6) is 0 Å². The molecule has 1 N–H and O–H groups in total. The van der Waals surface area contributed by atoms with Gasteiger partial charge < -0.3 is 10.2 Å². The summed E-state index contributed by atoms with van der Waals surface area (Å²) in [5, 5.41) is 22.7. The Hall–Kier alpha value is -2.13. The van der Waals surface area contributed by atoms with E-state index in [1.807, 2.05) is 25.1 Å². The number of nitrogens with one attached hydrogen (secondary N) is 1. The summed E-state index contributed by atoms with van der Waals surface area (Å²) in [5.74, 6) is 0. The molecule has 0 spiro atoms. The average Bonchev–Trinajstić information content (AvgIpc) is 2.38. The summed E-state index contributed by atoms with van der Waals surface area (Å²) in [4.78, 5) is 12.3. The fourth-order valence-electron chi connectivity index (χ4n) is 1.63. The second kappa shape index (κ2) is 6.57. The number of anilines is 1. The first-order chi connectivity index (χ1) is 8.60. The highest BCUT2D eigenvalue weighted by molar-refractivity contribution is 5.60. The summed E-state index contributed by atoms with van der Waals surface area (Å²) in [6, 6.07) is 6.48. The van der Waals surface area contributed by atoms with Gasteiger partial charge in [0.05, 0.1) is 4.92 Å². The summed E-state index contributed by atoms with van der Waals surface area (Å²) in [5.41, 5.74) is 0.694. The molecule has 1 aromatic rings. The van der Waals surface area contributed by atoms with Crippen LogP contribution in [0.4, 0.5) is 11.4 Å². The van der Waals surface area contributed by atoms with Gasteiger partial charge in [0.2, 0.25) is 0 Å². The van der Waals surface area contributed by atoms with Crippen LogP contribution in [0.15, 0.2) is 18.2 Å². The van der Waals surface area contributed by atoms with Gasteiger partial charge in [0.1, 0.15) is 11.6 Å². The molecule has 0 fully saturated rings. The molecule has 6 heteroatoms. The smallest absolute Gasteiger partial charge is 0.289 e. The highest BCUT2D eigenvalue weighted by Gasteiger charge is 2.15. The van der Waals surface area contributed by atoms with Crippen LogP contribution in [-0.4, -0.2) is 32.1 Å². The Morgan fingerprint density at radius 1 is 1.56 bits per heavy atom. The van der Waals surface area contributed by atoms with Crippen molar-refractivity contribution >= 4 is 11.4 Å². The zero-order chi connectivity index (χ0) is 13.5. The number of nitro groups is 1. The lowest BCUT2D eigenvalue weighted by Crippen LogP contribution is -2.22. The lowest BCUT2D eigenvalue weighted by molar-refractivity contribution is -0.385. The monoisotopic (exact) mass is 248 g/mol. The van der Waals surface area contributed by atoms with E-state index >= 15 is 0 Å². The van der Waals surface area contributed by atoms with Crippen molar-refractivity contribution in [1.82, 2.24) is 5.32 Å². The van der Waals surface area contributed by atoms with E-state index in [2.05, 4.69) is 5.32 Å². The maximum absolute atomic E-state index is 10.8. The first kappa shape index (κ1) is 13.9. The van der Waals surface area contributed by atoms with Gasteiger partial charge in [-0.3, -0.25) is 10.1 Å². The van der Waals surface area contributed by atoms with Crippen LogP contribution >= 0.6 is 0 Å². The van der Waals surface area contributed by atoms with Gasteiger partial charge in [0.25, 0.3) is 5.69 Å². The molecule has 0 aliphatic rings. The largest absolute Gasteiger partial charge is 0.374 e. The molecule has 0 unspecified atom stereocenters. The topological polar surface area (TPSA) is 82.2 Å². The molecule has 0 saturated carbocycles. The quantitative estimate of drug-likeness (QED) is 0.469. The van der Waals surface area contributed by atoms with E-state index in [1.54, 1.807) is 6.07 Å². The molecule has 1 rings (SSSR count). The maximum atomic E-state index is 10.8. The van der Waals surface area contributed by atoms with Gasteiger partial charge in [-0.25, -0.2) is 0 Å². The van der Waals surface area contributed by atoms with Crippen LogP contribution in [0.25, 0.3) is 0 Å². The van der Waals surface area contributed by atoms with E-state index < -0.39 is 4.92 Å². The molecule has 0 saturated heterocycles. The van der Waals surface area contributed by atoms with E-state index in [9.17, 15) is 10.1 Å². The standard InChI is InChI=1S/C12H16N4O2/c1-14-6-3-7-15(2)11-5-4-10(9-13)12(8-11)16(17)18/h4-5,8,14H,3,6-7H2,1-2H3. The van der Waals surface area contributed by atoms with Gasteiger partial charge in [-0.05, 0) is 32.1 Å². The Balaban J connectivity index is 2.88. The van der Waals surface area contributed by atoms with Crippen LogP contribution in [0, 0.1) is 21.4 Å². The van der Waals surface area contributed by atoms with E-state index in [0.717, 1.165) is 25.2 Å². The number of nitro benzene ring substituents is 1. The minimum absolute atomic E-state index is 0.0902. The molecule has 6 nitrogen and oxygen atoms in total. The molecule has 0 aliphatic heterocycles. The molecule has 0 aliphatic carbocycles. The van der Waals surface area contributed by atoms with Crippen LogP contribution < -0.4 is 10.2 Å². The van der Waals surface area contributed by atoms with Crippen LogP contribution in [0.1, 0.15) is 12.0 Å². The lowest BCUT2D eigenvalue weighted by Gasteiger charge is -2.19. The maximum Gasteiger partial charge on any atom is 0.289 e. The van der Waals surface area contributed by atoms with Crippen molar-refractivity contribution in [3.8, 4) is 6.07 Å². The van der Waals surface area contributed by atoms with Crippen molar-refractivity contribution in [3.05, 3.63) is 33.9 Å². The van der Waals surface area contributed by atoms with Crippen molar-refractivity contribution in [2.24, 2.45) is 0 Å². The Kier molecular flexibility index (Phi) is 5.08. The highest BCUT2D eigenvalue weighted by atomic mass is 16.6. The summed E-state index contributed by atoms with van der Waals surface area (Å²) in [6.07, 6.45) is 0.945. The van der Waals surface area contributed by atoms with Gasteiger partial charge in [0, 0.05) is 25.3 Å². The Morgan fingerprint density at radius 2 is 2.28 bits per heavy atom. The lowest BCUT2D eigenvalue weighted by atomic mass is 10.1. The molecule has 18 heavy (non-hydrogen) atoms. The van der Waals surface area contributed by atoms with Crippen molar-refractivity contribution in [2.45, 2.75) is 6.42 Å². The van der Waals surface area contributed by atoms with Gasteiger partial charge in [-0.15, -0.1) is 0 Å². The zero-order valence-corrected chi connectivity index (χ0v) is 10.5. The van der Waals surface area contributed by atoms with Gasteiger partial charge in [-0.2, -0.15) is 5.26 Å². The molecule has 1 aromatic carbocycles. The fraction of sp³-hybridized carbons (Fsp3) is 0.417. The molecular weight excluding hydrogens is 232 g/mol. The number of rotatable bonds is 6. The third-order valence-electron chi connectivity index (χ3n) is 2.66. The van der Waals surface area contributed by atoms with Gasteiger partial charge in [0.15, 0.2) is 0 Å². The number of benzene rings is 1. The van der Waals surface area contributed by atoms with E-state index in [4.69, 9.17) is 5.26 Å². The van der Waals surface area contributed by atoms with Gasteiger partial charge in [-0.1, -0.05) is 0 Å². The molecule has 0 aromatic heterocycles. The third-order valence-corrected chi connectivity index (χ3v) is 2.66. The molecule has 0 bridgehead atoms. The zero-order valence-electron chi connectivity index (χ0n) is 10.5. The Labute approximate surface area is 106 Å². The number of hydrogen-bond acceptors (Lipinski definition) is 5. The average molecular weight is 248 g/mol. The second-order valence-electron chi connectivity index (χ2n) is 3.95. The molecule has 0 heterocycles. The van der Waals surface area contributed by atoms with Gasteiger partial charge >= 0.3 is 0 Å². The first-order valence-electron chi connectivity index (χ1n) is 5.64. The fourth-order valence-corrected chi connectivity index (χ4v) is 1.63. The predicted octanol–water partition coefficient (Wildman–Crippen LogP) is 1.51. The van der Waals surface area contributed by atoms with Crippen molar-refractivity contribution < 1.29 is 4.92 Å². The van der Waals surface area contributed by atoms with E-state index in [1.165, 1.54) is 12.1 Å². The second-order valence-corrected chi connectivity index (χ2v) is 3.95.